The van der Waals surface area contributed by atoms with Gasteiger partial charge in [0.15, 0.2) is 5.65 Å². The van der Waals surface area contributed by atoms with E-state index in [-0.39, 0.29) is 5.56 Å². The molecule has 0 saturated heterocycles. The number of hydrogen-bond donors (Lipinski definition) is 2. The van der Waals surface area contributed by atoms with E-state index in [1.807, 2.05) is 6.92 Å². The molecule has 0 aliphatic carbocycles. The lowest BCUT2D eigenvalue weighted by Gasteiger charge is -2.00. The number of aryl methyl sites for hydroxylation is 1. The Morgan fingerprint density at radius 3 is 2.90 bits per heavy atom. The van der Waals surface area contributed by atoms with Crippen LogP contribution in [0.5, 0.6) is 0 Å². The highest BCUT2D eigenvalue weighted by atomic mass is 19.1. The molecule has 0 aliphatic heterocycles. The minimum atomic E-state index is -1.07. The van der Waals surface area contributed by atoms with Gasteiger partial charge in [-0.2, -0.15) is 0 Å². The van der Waals surface area contributed by atoms with E-state index < -0.39 is 11.8 Å². The number of benzene rings is 1. The lowest BCUT2D eigenvalue weighted by Crippen LogP contribution is -1.96. The zero-order valence-electron chi connectivity index (χ0n) is 10.5. The van der Waals surface area contributed by atoms with Crippen LogP contribution in [-0.2, 0) is 0 Å². The van der Waals surface area contributed by atoms with Gasteiger partial charge in [0, 0.05) is 6.20 Å². The van der Waals surface area contributed by atoms with E-state index in [0.717, 1.165) is 5.56 Å². The number of nitrogens with zero attached hydrogens (tertiary/aromatic N) is 2. The summed E-state index contributed by atoms with van der Waals surface area (Å²) in [5.74, 6) is -1.14. The highest BCUT2D eigenvalue weighted by Crippen LogP contribution is 2.23. The maximum atomic E-state index is 13.8. The molecule has 3 aromatic rings. The van der Waals surface area contributed by atoms with Crippen molar-refractivity contribution in [2.45, 2.75) is 6.92 Å². The first-order valence-corrected chi connectivity index (χ1v) is 5.90. The molecule has 0 spiro atoms. The van der Waals surface area contributed by atoms with Crippen LogP contribution < -0.4 is 0 Å². The molecule has 2 N–H and O–H groups in total. The van der Waals surface area contributed by atoms with Crippen molar-refractivity contribution in [2.75, 3.05) is 0 Å². The highest BCUT2D eigenvalue weighted by molar-refractivity contribution is 5.91. The summed E-state index contributed by atoms with van der Waals surface area (Å²) >= 11 is 0. The minimum absolute atomic E-state index is 0.0532. The fourth-order valence-electron chi connectivity index (χ4n) is 1.97. The maximum Gasteiger partial charge on any atom is 0.337 e. The lowest BCUT2D eigenvalue weighted by molar-refractivity contribution is 0.0696. The van der Waals surface area contributed by atoms with Crippen LogP contribution in [0.4, 0.5) is 4.39 Å². The third kappa shape index (κ3) is 2.01. The predicted octanol–water partition coefficient (Wildman–Crippen LogP) is 2.77. The van der Waals surface area contributed by atoms with Crippen molar-refractivity contribution in [3.05, 3.63) is 47.4 Å². The van der Waals surface area contributed by atoms with Crippen molar-refractivity contribution in [2.24, 2.45) is 0 Å². The maximum absolute atomic E-state index is 13.8. The summed E-state index contributed by atoms with van der Waals surface area (Å²) in [7, 11) is 0. The number of carboxylic acids is 1. The molecule has 6 heteroatoms. The van der Waals surface area contributed by atoms with E-state index in [2.05, 4.69) is 15.0 Å². The number of H-pyrrole nitrogens is 1. The number of aromatic carboxylic acids is 1. The van der Waals surface area contributed by atoms with Gasteiger partial charge in [-0.15, -0.1) is 0 Å². The molecule has 0 atom stereocenters. The van der Waals surface area contributed by atoms with Gasteiger partial charge in [0.05, 0.1) is 16.6 Å². The van der Waals surface area contributed by atoms with Crippen molar-refractivity contribution in [3.63, 3.8) is 0 Å². The second-order valence-corrected chi connectivity index (χ2v) is 4.47. The van der Waals surface area contributed by atoms with E-state index in [4.69, 9.17) is 5.11 Å². The van der Waals surface area contributed by atoms with Crippen molar-refractivity contribution < 1.29 is 14.3 Å². The summed E-state index contributed by atoms with van der Waals surface area (Å²) in [5.41, 5.74) is 2.10. The van der Waals surface area contributed by atoms with E-state index in [1.54, 1.807) is 12.1 Å². The number of carbonyl (C=O) groups is 1. The molecule has 100 valence electrons. The number of imidazole rings is 1. The first kappa shape index (κ1) is 12.3. The standard InChI is InChI=1S/C14H10FN3O2/c1-7-2-3-10(15)9(4-7)12-17-11-5-8(14(19)20)6-16-13(11)18-12/h2-6H,1H3,(H,19,20)(H,16,17,18). The molecular weight excluding hydrogens is 261 g/mol. The molecule has 0 fully saturated rings. The third-order valence-corrected chi connectivity index (χ3v) is 2.96. The van der Waals surface area contributed by atoms with Crippen LogP contribution in [0.3, 0.4) is 0 Å². The molecule has 0 amide bonds. The summed E-state index contributed by atoms with van der Waals surface area (Å²) in [4.78, 5) is 21.9. The van der Waals surface area contributed by atoms with Gasteiger partial charge in [-0.3, -0.25) is 0 Å². The third-order valence-electron chi connectivity index (χ3n) is 2.96. The topological polar surface area (TPSA) is 78.9 Å². The van der Waals surface area contributed by atoms with E-state index in [9.17, 15) is 9.18 Å². The summed E-state index contributed by atoms with van der Waals surface area (Å²) < 4.78 is 13.8. The molecule has 0 radical (unpaired) electrons. The molecule has 0 saturated carbocycles. The van der Waals surface area contributed by atoms with Gasteiger partial charge >= 0.3 is 5.97 Å². The van der Waals surface area contributed by atoms with Gasteiger partial charge in [0.2, 0.25) is 0 Å². The van der Waals surface area contributed by atoms with Gasteiger partial charge in [0.25, 0.3) is 0 Å². The van der Waals surface area contributed by atoms with Crippen molar-refractivity contribution in [3.8, 4) is 11.4 Å². The first-order chi connectivity index (χ1) is 9.54. The number of pyridine rings is 1. The molecule has 2 aromatic heterocycles. The Balaban J connectivity index is 2.17. The predicted molar refractivity (Wildman–Crippen MR) is 71.0 cm³/mol. The second-order valence-electron chi connectivity index (χ2n) is 4.47. The van der Waals surface area contributed by atoms with Crippen LogP contribution in [0.2, 0.25) is 0 Å². The zero-order valence-corrected chi connectivity index (χ0v) is 10.5. The molecule has 0 unspecified atom stereocenters. The molecule has 2 heterocycles. The Morgan fingerprint density at radius 1 is 1.35 bits per heavy atom. The smallest absolute Gasteiger partial charge is 0.337 e. The first-order valence-electron chi connectivity index (χ1n) is 5.90. The number of carboxylic acid groups (broad SMARTS) is 1. The number of aromatic nitrogens is 3. The molecule has 20 heavy (non-hydrogen) atoms. The normalized spacial score (nSPS) is 10.9. The summed E-state index contributed by atoms with van der Waals surface area (Å²) in [6.07, 6.45) is 1.22. The van der Waals surface area contributed by atoms with Crippen LogP contribution in [0.25, 0.3) is 22.6 Å². The molecule has 5 nitrogen and oxygen atoms in total. The van der Waals surface area contributed by atoms with Crippen LogP contribution in [0.15, 0.2) is 30.5 Å². The monoisotopic (exact) mass is 271 g/mol. The summed E-state index contributed by atoms with van der Waals surface area (Å²) in [6, 6.07) is 6.14. The number of nitrogens with one attached hydrogen (secondary N) is 1. The summed E-state index contributed by atoms with van der Waals surface area (Å²) in [6.45, 7) is 1.85. The Kier molecular flexibility index (Phi) is 2.71. The fourth-order valence-corrected chi connectivity index (χ4v) is 1.97. The van der Waals surface area contributed by atoms with Gasteiger partial charge in [-0.25, -0.2) is 19.2 Å². The molecule has 0 bridgehead atoms. The molecule has 0 aliphatic rings. The number of halogens is 1. The van der Waals surface area contributed by atoms with E-state index in [0.29, 0.717) is 22.6 Å². The zero-order chi connectivity index (χ0) is 14.3. The number of aromatic amines is 1. The Morgan fingerprint density at radius 2 is 2.15 bits per heavy atom. The molecule has 3 rings (SSSR count). The van der Waals surface area contributed by atoms with Gasteiger partial charge in [0.1, 0.15) is 11.6 Å². The fraction of sp³-hybridized carbons (Fsp3) is 0.0714. The number of rotatable bonds is 2. The van der Waals surface area contributed by atoms with Crippen molar-refractivity contribution in [1.29, 1.82) is 0 Å². The van der Waals surface area contributed by atoms with Crippen molar-refractivity contribution >= 4 is 17.1 Å². The lowest BCUT2D eigenvalue weighted by atomic mass is 10.1. The van der Waals surface area contributed by atoms with Crippen LogP contribution in [-0.4, -0.2) is 26.0 Å². The molecule has 1 aromatic carbocycles. The highest BCUT2D eigenvalue weighted by Gasteiger charge is 2.12. The molecular formula is C14H10FN3O2. The van der Waals surface area contributed by atoms with Crippen molar-refractivity contribution in [1.82, 2.24) is 15.0 Å². The van der Waals surface area contributed by atoms with Gasteiger partial charge < -0.3 is 10.1 Å². The number of fused-ring (bicyclic) bond motifs is 1. The van der Waals surface area contributed by atoms with Gasteiger partial charge in [-0.05, 0) is 25.1 Å². The van der Waals surface area contributed by atoms with Crippen LogP contribution >= 0.6 is 0 Å². The SMILES string of the molecule is Cc1ccc(F)c(-c2nc3ncc(C(=O)O)cc3[nH]2)c1. The quantitative estimate of drug-likeness (QED) is 0.751. The minimum Gasteiger partial charge on any atom is -0.478 e. The van der Waals surface area contributed by atoms with E-state index in [1.165, 1.54) is 18.3 Å². The Hall–Kier alpha value is -2.76. The van der Waals surface area contributed by atoms with Crippen LogP contribution in [0.1, 0.15) is 15.9 Å². The summed E-state index contributed by atoms with van der Waals surface area (Å²) in [5, 5.41) is 8.91. The van der Waals surface area contributed by atoms with Gasteiger partial charge in [-0.1, -0.05) is 11.6 Å². The average molecular weight is 271 g/mol. The largest absolute Gasteiger partial charge is 0.478 e. The van der Waals surface area contributed by atoms with Crippen LogP contribution in [0, 0.1) is 12.7 Å². The Labute approximate surface area is 113 Å². The average Bonchev–Trinajstić information content (AvgIpc) is 2.83. The second kappa shape index (κ2) is 4.41. The Bertz CT molecular complexity index is 826. The number of hydrogen-bond acceptors (Lipinski definition) is 3. The van der Waals surface area contributed by atoms with E-state index >= 15 is 0 Å².